The summed E-state index contributed by atoms with van der Waals surface area (Å²) in [5.74, 6) is 0.682. The summed E-state index contributed by atoms with van der Waals surface area (Å²) in [5, 5.41) is 13.1. The maximum Gasteiger partial charge on any atom is 0.255 e. The molecule has 3 rings (SSSR count). The second-order valence-corrected chi connectivity index (χ2v) is 6.58. The molecule has 0 spiro atoms. The molecule has 2 saturated heterocycles. The lowest BCUT2D eigenvalue weighted by molar-refractivity contribution is -0.0259. The molecule has 0 bridgehead atoms. The molecule has 2 fully saturated rings. The third-order valence-electron chi connectivity index (χ3n) is 4.98. The zero-order valence-corrected chi connectivity index (χ0v) is 13.6. The monoisotopic (exact) mass is 319 g/mol. The Morgan fingerprint density at radius 1 is 1.17 bits per heavy atom. The predicted molar refractivity (Wildman–Crippen MR) is 86.6 cm³/mol. The minimum Gasteiger partial charge on any atom is -0.507 e. The van der Waals surface area contributed by atoms with Gasteiger partial charge in [0.2, 0.25) is 0 Å². The average molecular weight is 319 g/mol. The lowest BCUT2D eigenvalue weighted by Crippen LogP contribution is -2.49. The van der Waals surface area contributed by atoms with Crippen LogP contribution in [0.1, 0.15) is 35.2 Å². The molecule has 0 unspecified atom stereocenters. The van der Waals surface area contributed by atoms with Gasteiger partial charge in [0.05, 0.1) is 12.2 Å². The van der Waals surface area contributed by atoms with Crippen LogP contribution in [0, 0.1) is 18.8 Å². The third-order valence-corrected chi connectivity index (χ3v) is 4.98. The SMILES string of the molecule is Cc1ccc(O)c(C(=O)N[C@H]2CCOC[C@H]2C2CCOCC2)c1. The van der Waals surface area contributed by atoms with Gasteiger partial charge in [0.15, 0.2) is 0 Å². The molecule has 5 nitrogen and oxygen atoms in total. The summed E-state index contributed by atoms with van der Waals surface area (Å²) >= 11 is 0. The van der Waals surface area contributed by atoms with Gasteiger partial charge in [-0.15, -0.1) is 0 Å². The van der Waals surface area contributed by atoms with Crippen molar-refractivity contribution >= 4 is 5.91 Å². The number of rotatable bonds is 3. The van der Waals surface area contributed by atoms with E-state index in [1.807, 2.05) is 6.92 Å². The van der Waals surface area contributed by atoms with Gasteiger partial charge in [0.25, 0.3) is 5.91 Å². The number of hydrogen-bond donors (Lipinski definition) is 2. The number of phenols is 1. The third kappa shape index (κ3) is 3.85. The Bertz CT molecular complexity index is 554. The van der Waals surface area contributed by atoms with Crippen LogP contribution in [0.15, 0.2) is 18.2 Å². The first-order valence-corrected chi connectivity index (χ1v) is 8.41. The van der Waals surface area contributed by atoms with E-state index in [1.54, 1.807) is 18.2 Å². The number of benzene rings is 1. The topological polar surface area (TPSA) is 67.8 Å². The van der Waals surface area contributed by atoms with Crippen molar-refractivity contribution in [3.63, 3.8) is 0 Å². The number of carbonyl (C=O) groups is 1. The molecule has 0 radical (unpaired) electrons. The predicted octanol–water partition coefficient (Wildman–Crippen LogP) is 2.26. The van der Waals surface area contributed by atoms with Gasteiger partial charge in [0, 0.05) is 31.8 Å². The van der Waals surface area contributed by atoms with Gasteiger partial charge in [-0.1, -0.05) is 11.6 Å². The zero-order chi connectivity index (χ0) is 16.2. The van der Waals surface area contributed by atoms with Crippen molar-refractivity contribution in [2.24, 2.45) is 11.8 Å². The molecule has 0 aliphatic carbocycles. The Morgan fingerprint density at radius 3 is 2.70 bits per heavy atom. The minimum absolute atomic E-state index is 0.0303. The van der Waals surface area contributed by atoms with E-state index in [0.29, 0.717) is 30.6 Å². The van der Waals surface area contributed by atoms with Crippen LogP contribution in [-0.4, -0.2) is 43.5 Å². The van der Waals surface area contributed by atoms with E-state index in [2.05, 4.69) is 5.32 Å². The van der Waals surface area contributed by atoms with Gasteiger partial charge in [-0.3, -0.25) is 4.79 Å². The minimum atomic E-state index is -0.199. The quantitative estimate of drug-likeness (QED) is 0.897. The van der Waals surface area contributed by atoms with Gasteiger partial charge in [-0.25, -0.2) is 0 Å². The number of aryl methyl sites for hydroxylation is 1. The number of aromatic hydroxyl groups is 1. The molecular weight excluding hydrogens is 294 g/mol. The van der Waals surface area contributed by atoms with Crippen molar-refractivity contribution in [1.29, 1.82) is 0 Å². The molecule has 0 aromatic heterocycles. The molecule has 0 saturated carbocycles. The Hall–Kier alpha value is -1.59. The Balaban J connectivity index is 1.71. The fourth-order valence-corrected chi connectivity index (χ4v) is 3.63. The molecule has 2 N–H and O–H groups in total. The van der Waals surface area contributed by atoms with Gasteiger partial charge in [0.1, 0.15) is 5.75 Å². The normalized spacial score (nSPS) is 26.0. The van der Waals surface area contributed by atoms with E-state index in [9.17, 15) is 9.90 Å². The highest BCUT2D eigenvalue weighted by Gasteiger charge is 2.34. The fourth-order valence-electron chi connectivity index (χ4n) is 3.63. The number of amides is 1. The number of carbonyl (C=O) groups excluding carboxylic acids is 1. The molecule has 1 aromatic rings. The van der Waals surface area contributed by atoms with Crippen LogP contribution in [0.25, 0.3) is 0 Å². The molecule has 5 heteroatoms. The molecular formula is C18H25NO4. The summed E-state index contributed by atoms with van der Waals surface area (Å²) in [7, 11) is 0. The average Bonchev–Trinajstić information content (AvgIpc) is 2.58. The Morgan fingerprint density at radius 2 is 1.91 bits per heavy atom. The first-order chi connectivity index (χ1) is 11.1. The van der Waals surface area contributed by atoms with Crippen LogP contribution in [0.5, 0.6) is 5.75 Å². The molecule has 2 heterocycles. The van der Waals surface area contributed by atoms with Crippen LogP contribution in [0.2, 0.25) is 0 Å². The van der Waals surface area contributed by atoms with Crippen LogP contribution >= 0.6 is 0 Å². The number of hydrogen-bond acceptors (Lipinski definition) is 4. The lowest BCUT2D eigenvalue weighted by atomic mass is 9.79. The van der Waals surface area contributed by atoms with Crippen LogP contribution in [0.4, 0.5) is 0 Å². The fraction of sp³-hybridized carbons (Fsp3) is 0.611. The first kappa shape index (κ1) is 16.3. The van der Waals surface area contributed by atoms with Crippen molar-refractivity contribution in [2.75, 3.05) is 26.4 Å². The second-order valence-electron chi connectivity index (χ2n) is 6.58. The van der Waals surface area contributed by atoms with Crippen molar-refractivity contribution < 1.29 is 19.4 Å². The van der Waals surface area contributed by atoms with E-state index < -0.39 is 0 Å². The van der Waals surface area contributed by atoms with Crippen molar-refractivity contribution in [2.45, 2.75) is 32.2 Å². The number of ether oxygens (including phenoxy) is 2. The standard InChI is InChI=1S/C18H25NO4/c1-12-2-3-17(20)14(10-12)18(21)19-16-6-9-23-11-15(16)13-4-7-22-8-5-13/h2-3,10,13,15-16,20H,4-9,11H2,1H3,(H,19,21)/t15-,16-/m0/s1. The van der Waals surface area contributed by atoms with E-state index in [0.717, 1.165) is 38.0 Å². The summed E-state index contributed by atoms with van der Waals surface area (Å²) in [5.41, 5.74) is 1.31. The summed E-state index contributed by atoms with van der Waals surface area (Å²) < 4.78 is 11.1. The zero-order valence-electron chi connectivity index (χ0n) is 13.6. The Kier molecular flexibility index (Phi) is 5.18. The molecule has 1 aromatic carbocycles. The maximum absolute atomic E-state index is 12.6. The summed E-state index contributed by atoms with van der Waals surface area (Å²) in [6.07, 6.45) is 2.87. The molecule has 2 aliphatic heterocycles. The van der Waals surface area contributed by atoms with E-state index in [1.165, 1.54) is 0 Å². The van der Waals surface area contributed by atoms with Crippen molar-refractivity contribution in [3.05, 3.63) is 29.3 Å². The van der Waals surface area contributed by atoms with Crippen LogP contribution in [0.3, 0.4) is 0 Å². The molecule has 23 heavy (non-hydrogen) atoms. The largest absolute Gasteiger partial charge is 0.507 e. The highest BCUT2D eigenvalue weighted by molar-refractivity contribution is 5.97. The highest BCUT2D eigenvalue weighted by atomic mass is 16.5. The van der Waals surface area contributed by atoms with Gasteiger partial charge >= 0.3 is 0 Å². The summed E-state index contributed by atoms with van der Waals surface area (Å²) in [6, 6.07) is 5.20. The number of nitrogens with one attached hydrogen (secondary N) is 1. The molecule has 2 atom stereocenters. The van der Waals surface area contributed by atoms with Crippen molar-refractivity contribution in [3.8, 4) is 5.75 Å². The van der Waals surface area contributed by atoms with E-state index >= 15 is 0 Å². The van der Waals surface area contributed by atoms with E-state index in [4.69, 9.17) is 9.47 Å². The van der Waals surface area contributed by atoms with Crippen molar-refractivity contribution in [1.82, 2.24) is 5.32 Å². The number of phenolic OH excluding ortho intramolecular Hbond substituents is 1. The van der Waals surface area contributed by atoms with Crippen LogP contribution in [-0.2, 0) is 9.47 Å². The maximum atomic E-state index is 12.6. The molecule has 2 aliphatic rings. The summed E-state index contributed by atoms with van der Waals surface area (Å²) in [6.45, 7) is 4.86. The molecule has 126 valence electrons. The first-order valence-electron chi connectivity index (χ1n) is 8.41. The summed E-state index contributed by atoms with van der Waals surface area (Å²) in [4.78, 5) is 12.6. The van der Waals surface area contributed by atoms with Crippen LogP contribution < -0.4 is 5.32 Å². The highest BCUT2D eigenvalue weighted by Crippen LogP contribution is 2.31. The van der Waals surface area contributed by atoms with Gasteiger partial charge < -0.3 is 19.9 Å². The second kappa shape index (κ2) is 7.32. The lowest BCUT2D eigenvalue weighted by Gasteiger charge is -2.39. The molecule has 1 amide bonds. The van der Waals surface area contributed by atoms with E-state index in [-0.39, 0.29) is 17.7 Å². The van der Waals surface area contributed by atoms with Gasteiger partial charge in [-0.2, -0.15) is 0 Å². The smallest absolute Gasteiger partial charge is 0.255 e. The van der Waals surface area contributed by atoms with Gasteiger partial charge in [-0.05, 0) is 44.2 Å². The Labute approximate surface area is 137 Å².